The Morgan fingerprint density at radius 3 is 2.43 bits per heavy atom. The van der Waals surface area contributed by atoms with Gasteiger partial charge in [-0.05, 0) is 12.3 Å². The van der Waals surface area contributed by atoms with Crippen molar-refractivity contribution < 1.29 is 0 Å². The van der Waals surface area contributed by atoms with Crippen molar-refractivity contribution in [1.82, 2.24) is 5.32 Å². The average molecular weight is 95.1 g/mol. The summed E-state index contributed by atoms with van der Waals surface area (Å²) in [5.74, 6) is 0. The van der Waals surface area contributed by atoms with E-state index >= 15 is 0 Å². The van der Waals surface area contributed by atoms with E-state index in [-0.39, 0.29) is 0 Å². The molecule has 1 N–H and O–H groups in total. The van der Waals surface area contributed by atoms with Gasteiger partial charge in [0.05, 0.1) is 0 Å². The summed E-state index contributed by atoms with van der Waals surface area (Å²) in [4.78, 5) is 0. The molecule has 0 saturated carbocycles. The molecule has 1 heteroatoms. The topological polar surface area (TPSA) is 12.0 Å². The molecule has 0 aromatic rings. The third-order valence-electron chi connectivity index (χ3n) is 0.446. The summed E-state index contributed by atoms with van der Waals surface area (Å²) in [6, 6.07) is 0. The predicted molar refractivity (Wildman–Crippen MR) is 32.7 cm³/mol. The average Bonchev–Trinajstić information content (AvgIpc) is 1.69. The van der Waals surface area contributed by atoms with Crippen LogP contribution >= 0.6 is 0 Å². The molecule has 0 aliphatic heterocycles. The fourth-order valence-electron chi connectivity index (χ4n) is 0.192. The lowest BCUT2D eigenvalue weighted by atomic mass is 10.6. The van der Waals surface area contributed by atoms with Gasteiger partial charge in [0.25, 0.3) is 0 Å². The SMILES string of the molecule is C=C/C=C/NC=C. The van der Waals surface area contributed by atoms with Crippen molar-refractivity contribution in [1.29, 1.82) is 0 Å². The van der Waals surface area contributed by atoms with Gasteiger partial charge in [-0.2, -0.15) is 0 Å². The van der Waals surface area contributed by atoms with Crippen LogP contribution in [0.4, 0.5) is 0 Å². The van der Waals surface area contributed by atoms with Gasteiger partial charge in [0.15, 0.2) is 0 Å². The summed E-state index contributed by atoms with van der Waals surface area (Å²) >= 11 is 0. The highest BCUT2D eigenvalue weighted by Crippen LogP contribution is 1.64. The van der Waals surface area contributed by atoms with Crippen LogP contribution in [-0.2, 0) is 0 Å². The maximum Gasteiger partial charge on any atom is 0.000397 e. The van der Waals surface area contributed by atoms with E-state index in [4.69, 9.17) is 0 Å². The Morgan fingerprint density at radius 1 is 1.29 bits per heavy atom. The molecule has 0 atom stereocenters. The molecule has 0 amide bonds. The predicted octanol–water partition coefficient (Wildman–Crippen LogP) is 1.42. The Labute approximate surface area is 44.0 Å². The molecule has 0 aliphatic carbocycles. The summed E-state index contributed by atoms with van der Waals surface area (Å²) in [5.41, 5.74) is 0. The van der Waals surface area contributed by atoms with Crippen LogP contribution in [0.3, 0.4) is 0 Å². The summed E-state index contributed by atoms with van der Waals surface area (Å²) in [6.45, 7) is 6.91. The van der Waals surface area contributed by atoms with Crippen molar-refractivity contribution >= 4 is 0 Å². The number of nitrogens with one attached hydrogen (secondary N) is 1. The fraction of sp³-hybridized carbons (Fsp3) is 0. The molecular weight excluding hydrogens is 86.1 g/mol. The molecule has 38 valence electrons. The molecule has 0 aromatic carbocycles. The maximum absolute atomic E-state index is 3.47. The molecule has 7 heavy (non-hydrogen) atoms. The zero-order valence-corrected chi connectivity index (χ0v) is 4.22. The third kappa shape index (κ3) is 5.02. The molecular formula is C6H9N. The summed E-state index contributed by atoms with van der Waals surface area (Å²) < 4.78 is 0. The normalized spacial score (nSPS) is 8.57. The van der Waals surface area contributed by atoms with Gasteiger partial charge >= 0.3 is 0 Å². The molecule has 0 heterocycles. The second kappa shape index (κ2) is 5.02. The molecule has 0 saturated heterocycles. The fourth-order valence-corrected chi connectivity index (χ4v) is 0.192. The molecule has 0 unspecified atom stereocenters. The van der Waals surface area contributed by atoms with Gasteiger partial charge in [-0.25, -0.2) is 0 Å². The van der Waals surface area contributed by atoms with Gasteiger partial charge in [-0.1, -0.05) is 19.2 Å². The highest BCUT2D eigenvalue weighted by Gasteiger charge is 1.54. The van der Waals surface area contributed by atoms with E-state index in [2.05, 4.69) is 18.5 Å². The van der Waals surface area contributed by atoms with Crippen LogP contribution in [0.15, 0.2) is 37.7 Å². The van der Waals surface area contributed by atoms with Gasteiger partial charge < -0.3 is 5.32 Å². The van der Waals surface area contributed by atoms with Crippen LogP contribution < -0.4 is 5.32 Å². The summed E-state index contributed by atoms with van der Waals surface area (Å²) in [7, 11) is 0. The lowest BCUT2D eigenvalue weighted by Gasteiger charge is -1.79. The van der Waals surface area contributed by atoms with E-state index in [9.17, 15) is 0 Å². The first-order valence-electron chi connectivity index (χ1n) is 2.06. The van der Waals surface area contributed by atoms with E-state index in [1.165, 1.54) is 0 Å². The van der Waals surface area contributed by atoms with Crippen LogP contribution in [0.2, 0.25) is 0 Å². The van der Waals surface area contributed by atoms with E-state index in [1.54, 1.807) is 24.6 Å². The second-order valence-electron chi connectivity index (χ2n) is 0.966. The van der Waals surface area contributed by atoms with E-state index in [0.717, 1.165) is 0 Å². The maximum atomic E-state index is 3.47. The van der Waals surface area contributed by atoms with Crippen LogP contribution in [0, 0.1) is 0 Å². The van der Waals surface area contributed by atoms with Gasteiger partial charge in [0, 0.05) is 6.20 Å². The zero-order chi connectivity index (χ0) is 5.54. The smallest absolute Gasteiger partial charge is 0.000397 e. The number of rotatable bonds is 3. The molecule has 0 bridgehead atoms. The van der Waals surface area contributed by atoms with Gasteiger partial charge in [-0.15, -0.1) is 0 Å². The van der Waals surface area contributed by atoms with E-state index < -0.39 is 0 Å². The number of allylic oxidation sites excluding steroid dienone is 2. The number of hydrogen-bond acceptors (Lipinski definition) is 1. The minimum atomic E-state index is 1.60. The lowest BCUT2D eigenvalue weighted by molar-refractivity contribution is 1.20. The first-order chi connectivity index (χ1) is 3.41. The quantitative estimate of drug-likeness (QED) is 0.523. The van der Waals surface area contributed by atoms with Crippen LogP contribution in [-0.4, -0.2) is 0 Å². The largest absolute Gasteiger partial charge is 0.368 e. The van der Waals surface area contributed by atoms with Crippen LogP contribution in [0.25, 0.3) is 0 Å². The van der Waals surface area contributed by atoms with Crippen LogP contribution in [0.1, 0.15) is 0 Å². The van der Waals surface area contributed by atoms with Gasteiger partial charge in [-0.3, -0.25) is 0 Å². The van der Waals surface area contributed by atoms with Crippen molar-refractivity contribution in [3.05, 3.63) is 37.7 Å². The van der Waals surface area contributed by atoms with Gasteiger partial charge in [0.1, 0.15) is 0 Å². The summed E-state index contributed by atoms with van der Waals surface area (Å²) in [5, 5.41) is 2.76. The standard InChI is InChI=1S/C6H9N/c1-3-5-6-7-4-2/h3-7H,1-2H2/b6-5+. The second-order valence-corrected chi connectivity index (χ2v) is 0.966. The Balaban J connectivity index is 3.08. The van der Waals surface area contributed by atoms with E-state index in [0.29, 0.717) is 0 Å². The first kappa shape index (κ1) is 6.02. The number of hydrogen-bond donors (Lipinski definition) is 1. The third-order valence-corrected chi connectivity index (χ3v) is 0.446. The first-order valence-corrected chi connectivity index (χ1v) is 2.06. The van der Waals surface area contributed by atoms with Crippen molar-refractivity contribution in [3.63, 3.8) is 0 Å². The molecule has 0 spiro atoms. The van der Waals surface area contributed by atoms with E-state index in [1.807, 2.05) is 0 Å². The molecule has 0 aliphatic rings. The molecule has 0 rings (SSSR count). The van der Waals surface area contributed by atoms with Crippen molar-refractivity contribution in [2.45, 2.75) is 0 Å². The Morgan fingerprint density at radius 2 is 2.00 bits per heavy atom. The van der Waals surface area contributed by atoms with Crippen molar-refractivity contribution in [2.24, 2.45) is 0 Å². The van der Waals surface area contributed by atoms with Crippen LogP contribution in [0.5, 0.6) is 0 Å². The molecule has 0 aromatic heterocycles. The minimum absolute atomic E-state index is 1.60. The zero-order valence-electron chi connectivity index (χ0n) is 4.22. The highest BCUT2D eigenvalue weighted by atomic mass is 14.8. The Hall–Kier alpha value is -0.980. The minimum Gasteiger partial charge on any atom is -0.368 e. The lowest BCUT2D eigenvalue weighted by Crippen LogP contribution is -1.87. The molecule has 1 nitrogen and oxygen atoms in total. The van der Waals surface area contributed by atoms with Crippen molar-refractivity contribution in [2.75, 3.05) is 0 Å². The Bertz CT molecular complexity index is 82.2. The Kier molecular flexibility index (Phi) is 4.32. The molecule has 0 radical (unpaired) electrons. The monoisotopic (exact) mass is 95.1 g/mol. The highest BCUT2D eigenvalue weighted by molar-refractivity contribution is 4.97. The van der Waals surface area contributed by atoms with Gasteiger partial charge in [0.2, 0.25) is 0 Å². The molecule has 0 fully saturated rings. The van der Waals surface area contributed by atoms with Crippen molar-refractivity contribution in [3.8, 4) is 0 Å². The summed E-state index contributed by atoms with van der Waals surface area (Å²) in [6.07, 6.45) is 6.83.